The SMILES string of the molecule is COc1ccc(/C=C2/Oc3cc(OC(=O)C(C)C)ccc3C2=O)cc1. The van der Waals surface area contributed by atoms with Crippen LogP contribution in [0.15, 0.2) is 48.2 Å². The second kappa shape index (κ2) is 6.81. The Morgan fingerprint density at radius 3 is 2.40 bits per heavy atom. The van der Waals surface area contributed by atoms with Gasteiger partial charge in [0, 0.05) is 6.07 Å². The summed E-state index contributed by atoms with van der Waals surface area (Å²) < 4.78 is 16.0. The molecule has 0 radical (unpaired) electrons. The van der Waals surface area contributed by atoms with Gasteiger partial charge in [0.1, 0.15) is 17.2 Å². The molecule has 0 saturated heterocycles. The van der Waals surface area contributed by atoms with Crippen LogP contribution in [-0.2, 0) is 4.79 Å². The highest BCUT2D eigenvalue weighted by atomic mass is 16.5. The number of carbonyl (C=O) groups is 2. The van der Waals surface area contributed by atoms with Crippen molar-refractivity contribution < 1.29 is 23.8 Å². The van der Waals surface area contributed by atoms with Crippen LogP contribution in [0, 0.1) is 5.92 Å². The minimum absolute atomic E-state index is 0.201. The van der Waals surface area contributed by atoms with Crippen LogP contribution in [0.25, 0.3) is 6.08 Å². The van der Waals surface area contributed by atoms with Crippen molar-refractivity contribution in [2.45, 2.75) is 13.8 Å². The summed E-state index contributed by atoms with van der Waals surface area (Å²) in [4.78, 5) is 24.1. The van der Waals surface area contributed by atoms with Crippen molar-refractivity contribution >= 4 is 17.8 Å². The molecule has 0 saturated carbocycles. The molecule has 0 amide bonds. The Morgan fingerprint density at radius 1 is 1.08 bits per heavy atom. The Kier molecular flexibility index (Phi) is 4.57. The Labute approximate surface area is 145 Å². The smallest absolute Gasteiger partial charge is 0.313 e. The lowest BCUT2D eigenvalue weighted by Gasteiger charge is -2.07. The Bertz CT molecular complexity index is 847. The van der Waals surface area contributed by atoms with Gasteiger partial charge >= 0.3 is 5.97 Å². The number of ketones is 1. The molecule has 5 nitrogen and oxygen atoms in total. The van der Waals surface area contributed by atoms with Crippen LogP contribution in [0.2, 0.25) is 0 Å². The Morgan fingerprint density at radius 2 is 1.76 bits per heavy atom. The number of fused-ring (bicyclic) bond motifs is 1. The lowest BCUT2D eigenvalue weighted by atomic mass is 10.1. The molecule has 1 aliphatic rings. The van der Waals surface area contributed by atoms with Crippen LogP contribution in [0.3, 0.4) is 0 Å². The molecule has 128 valence electrons. The fourth-order valence-corrected chi connectivity index (χ4v) is 2.32. The predicted molar refractivity (Wildman–Crippen MR) is 92.8 cm³/mol. The average Bonchev–Trinajstić information content (AvgIpc) is 2.91. The number of methoxy groups -OCH3 is 1. The van der Waals surface area contributed by atoms with E-state index in [9.17, 15) is 9.59 Å². The number of benzene rings is 2. The van der Waals surface area contributed by atoms with Crippen LogP contribution in [0.5, 0.6) is 17.2 Å². The second-order valence-corrected chi connectivity index (χ2v) is 5.95. The van der Waals surface area contributed by atoms with Gasteiger partial charge in [-0.1, -0.05) is 26.0 Å². The topological polar surface area (TPSA) is 61.8 Å². The largest absolute Gasteiger partial charge is 0.497 e. The zero-order valence-electron chi connectivity index (χ0n) is 14.2. The molecule has 0 atom stereocenters. The Balaban J connectivity index is 1.82. The van der Waals surface area contributed by atoms with Gasteiger partial charge in [-0.2, -0.15) is 0 Å². The van der Waals surface area contributed by atoms with Crippen LogP contribution in [0.4, 0.5) is 0 Å². The number of carbonyl (C=O) groups excluding carboxylic acids is 2. The maximum Gasteiger partial charge on any atom is 0.313 e. The fourth-order valence-electron chi connectivity index (χ4n) is 2.32. The van der Waals surface area contributed by atoms with Gasteiger partial charge in [0.05, 0.1) is 18.6 Å². The zero-order chi connectivity index (χ0) is 18.0. The van der Waals surface area contributed by atoms with E-state index in [4.69, 9.17) is 14.2 Å². The number of allylic oxidation sites excluding steroid dienone is 1. The highest BCUT2D eigenvalue weighted by molar-refractivity contribution is 6.14. The number of rotatable bonds is 4. The van der Waals surface area contributed by atoms with E-state index in [-0.39, 0.29) is 23.4 Å². The minimum atomic E-state index is -0.335. The van der Waals surface area contributed by atoms with E-state index in [1.807, 2.05) is 24.3 Å². The second-order valence-electron chi connectivity index (χ2n) is 5.95. The summed E-state index contributed by atoms with van der Waals surface area (Å²) in [5, 5.41) is 0. The van der Waals surface area contributed by atoms with E-state index >= 15 is 0 Å². The molecular formula is C20H18O5. The normalized spacial score (nSPS) is 14.4. The van der Waals surface area contributed by atoms with Crippen molar-refractivity contribution in [2.24, 2.45) is 5.92 Å². The lowest BCUT2D eigenvalue weighted by Crippen LogP contribution is -2.14. The first-order chi connectivity index (χ1) is 12.0. The molecule has 1 aliphatic heterocycles. The van der Waals surface area contributed by atoms with Gasteiger partial charge in [-0.05, 0) is 35.9 Å². The average molecular weight is 338 g/mol. The van der Waals surface area contributed by atoms with Crippen molar-refractivity contribution in [2.75, 3.05) is 7.11 Å². The maximum absolute atomic E-state index is 12.4. The molecular weight excluding hydrogens is 320 g/mol. The van der Waals surface area contributed by atoms with Gasteiger partial charge in [0.25, 0.3) is 0 Å². The summed E-state index contributed by atoms with van der Waals surface area (Å²) in [6.07, 6.45) is 1.67. The van der Waals surface area contributed by atoms with Crippen molar-refractivity contribution in [3.8, 4) is 17.2 Å². The molecule has 0 spiro atoms. The number of hydrogen-bond donors (Lipinski definition) is 0. The van der Waals surface area contributed by atoms with Crippen molar-refractivity contribution in [3.05, 3.63) is 59.4 Å². The summed E-state index contributed by atoms with van der Waals surface area (Å²) in [6, 6.07) is 12.0. The monoisotopic (exact) mass is 338 g/mol. The molecule has 0 N–H and O–H groups in total. The van der Waals surface area contributed by atoms with Crippen LogP contribution >= 0.6 is 0 Å². The third-order valence-corrected chi connectivity index (χ3v) is 3.74. The van der Waals surface area contributed by atoms with Crippen molar-refractivity contribution in [3.63, 3.8) is 0 Å². The molecule has 2 aromatic rings. The van der Waals surface area contributed by atoms with E-state index in [1.165, 1.54) is 0 Å². The first kappa shape index (κ1) is 16.8. The summed E-state index contributed by atoms with van der Waals surface area (Å²) in [6.45, 7) is 3.51. The number of esters is 1. The predicted octanol–water partition coefficient (Wildman–Crippen LogP) is 3.87. The summed E-state index contributed by atoms with van der Waals surface area (Å²) in [5.74, 6) is 0.940. The van der Waals surface area contributed by atoms with Gasteiger partial charge in [-0.3, -0.25) is 9.59 Å². The van der Waals surface area contributed by atoms with Gasteiger partial charge in [0.2, 0.25) is 5.78 Å². The van der Waals surface area contributed by atoms with E-state index in [0.717, 1.165) is 11.3 Å². The van der Waals surface area contributed by atoms with E-state index in [0.29, 0.717) is 17.1 Å². The van der Waals surface area contributed by atoms with Gasteiger partial charge in [-0.15, -0.1) is 0 Å². The molecule has 5 heteroatoms. The molecule has 3 rings (SSSR count). The summed E-state index contributed by atoms with van der Waals surface area (Å²) >= 11 is 0. The number of Topliss-reactive ketones (excluding diaryl/α,β-unsaturated/α-hetero) is 1. The third kappa shape index (κ3) is 3.55. The molecule has 0 unspecified atom stereocenters. The van der Waals surface area contributed by atoms with Gasteiger partial charge in [0.15, 0.2) is 5.76 Å². The molecule has 0 aromatic heterocycles. The standard InChI is InChI=1S/C20H18O5/c1-12(2)20(22)24-15-8-9-16-17(11-15)25-18(19(16)21)10-13-4-6-14(23-3)7-5-13/h4-12H,1-3H3/b18-10+. The van der Waals surface area contributed by atoms with Crippen LogP contribution < -0.4 is 14.2 Å². The highest BCUT2D eigenvalue weighted by Gasteiger charge is 2.28. The van der Waals surface area contributed by atoms with Gasteiger partial charge < -0.3 is 14.2 Å². The lowest BCUT2D eigenvalue weighted by molar-refractivity contribution is -0.137. The number of hydrogen-bond acceptors (Lipinski definition) is 5. The van der Waals surface area contributed by atoms with E-state index in [1.54, 1.807) is 45.2 Å². The summed E-state index contributed by atoms with van der Waals surface area (Å²) in [7, 11) is 1.59. The van der Waals surface area contributed by atoms with Crippen LogP contribution in [0.1, 0.15) is 29.8 Å². The highest BCUT2D eigenvalue weighted by Crippen LogP contribution is 2.35. The Hall–Kier alpha value is -3.08. The number of ether oxygens (including phenoxy) is 3. The molecule has 0 fully saturated rings. The quantitative estimate of drug-likeness (QED) is 0.481. The first-order valence-electron chi connectivity index (χ1n) is 7.92. The molecule has 0 bridgehead atoms. The molecule has 2 aromatic carbocycles. The minimum Gasteiger partial charge on any atom is -0.497 e. The van der Waals surface area contributed by atoms with Crippen molar-refractivity contribution in [1.29, 1.82) is 0 Å². The van der Waals surface area contributed by atoms with E-state index < -0.39 is 0 Å². The summed E-state index contributed by atoms with van der Waals surface area (Å²) in [5.41, 5.74) is 1.27. The third-order valence-electron chi connectivity index (χ3n) is 3.74. The van der Waals surface area contributed by atoms with Gasteiger partial charge in [-0.25, -0.2) is 0 Å². The zero-order valence-corrected chi connectivity index (χ0v) is 14.2. The maximum atomic E-state index is 12.4. The first-order valence-corrected chi connectivity index (χ1v) is 7.92. The fraction of sp³-hybridized carbons (Fsp3) is 0.200. The van der Waals surface area contributed by atoms with Crippen molar-refractivity contribution in [1.82, 2.24) is 0 Å². The van der Waals surface area contributed by atoms with E-state index in [2.05, 4.69) is 0 Å². The molecule has 25 heavy (non-hydrogen) atoms. The van der Waals surface area contributed by atoms with Crippen LogP contribution in [-0.4, -0.2) is 18.9 Å². The molecule has 0 aliphatic carbocycles. The molecule has 1 heterocycles.